The van der Waals surface area contributed by atoms with Crippen molar-refractivity contribution in [3.8, 4) is 6.07 Å². The van der Waals surface area contributed by atoms with Crippen LogP contribution in [0.2, 0.25) is 0 Å². The fourth-order valence-electron chi connectivity index (χ4n) is 1.80. The summed E-state index contributed by atoms with van der Waals surface area (Å²) in [5, 5.41) is 11.3. The second-order valence-electron chi connectivity index (χ2n) is 3.95. The number of carbonyl (C=O) groups excluding carboxylic acids is 1. The molecular formula is C10H13F3N2O2. The van der Waals surface area contributed by atoms with Crippen LogP contribution in [0, 0.1) is 17.2 Å². The van der Waals surface area contributed by atoms with Gasteiger partial charge in [0.1, 0.15) is 13.2 Å². The SMILES string of the molecule is N#CC1CCCC1NC(=O)COCC(F)(F)F. The molecule has 1 saturated carbocycles. The van der Waals surface area contributed by atoms with Gasteiger partial charge in [0.25, 0.3) is 0 Å². The van der Waals surface area contributed by atoms with Gasteiger partial charge in [0.2, 0.25) is 5.91 Å². The van der Waals surface area contributed by atoms with Crippen molar-refractivity contribution in [2.45, 2.75) is 31.5 Å². The molecule has 2 unspecified atom stereocenters. The normalized spacial score (nSPS) is 24.4. The highest BCUT2D eigenvalue weighted by Crippen LogP contribution is 2.24. The second-order valence-corrected chi connectivity index (χ2v) is 3.95. The lowest BCUT2D eigenvalue weighted by molar-refractivity contribution is -0.175. The molecule has 0 aromatic heterocycles. The number of nitriles is 1. The third-order valence-electron chi connectivity index (χ3n) is 2.53. The lowest BCUT2D eigenvalue weighted by Crippen LogP contribution is -2.39. The van der Waals surface area contributed by atoms with Crippen LogP contribution in [-0.4, -0.2) is 31.3 Å². The van der Waals surface area contributed by atoms with Gasteiger partial charge in [-0.3, -0.25) is 4.79 Å². The van der Waals surface area contributed by atoms with Crippen LogP contribution in [0.3, 0.4) is 0 Å². The van der Waals surface area contributed by atoms with E-state index < -0.39 is 25.3 Å². The first kappa shape index (κ1) is 13.8. The average molecular weight is 250 g/mol. The maximum absolute atomic E-state index is 11.7. The van der Waals surface area contributed by atoms with Crippen molar-refractivity contribution in [3.05, 3.63) is 0 Å². The minimum atomic E-state index is -4.43. The highest BCUT2D eigenvalue weighted by atomic mass is 19.4. The summed E-state index contributed by atoms with van der Waals surface area (Å²) in [6.45, 7) is -2.07. The van der Waals surface area contributed by atoms with Gasteiger partial charge in [0.15, 0.2) is 0 Å². The fourth-order valence-corrected chi connectivity index (χ4v) is 1.80. The number of ether oxygens (including phenoxy) is 1. The molecule has 1 aliphatic carbocycles. The van der Waals surface area contributed by atoms with E-state index in [2.05, 4.69) is 16.1 Å². The summed E-state index contributed by atoms with van der Waals surface area (Å²) < 4.78 is 39.4. The Bertz CT molecular complexity index is 312. The van der Waals surface area contributed by atoms with Gasteiger partial charge >= 0.3 is 6.18 Å². The number of hydrogen-bond acceptors (Lipinski definition) is 3. The van der Waals surface area contributed by atoms with E-state index in [1.54, 1.807) is 0 Å². The zero-order valence-electron chi connectivity index (χ0n) is 9.09. The standard InChI is InChI=1S/C10H13F3N2O2/c11-10(12,13)6-17-5-9(16)15-8-3-1-2-7(8)4-14/h7-8H,1-3,5-6H2,(H,15,16). The fraction of sp³-hybridized carbons (Fsp3) is 0.800. The van der Waals surface area contributed by atoms with Crippen molar-refractivity contribution in [3.63, 3.8) is 0 Å². The minimum absolute atomic E-state index is 0.249. The van der Waals surface area contributed by atoms with Crippen LogP contribution in [0.1, 0.15) is 19.3 Å². The molecule has 17 heavy (non-hydrogen) atoms. The van der Waals surface area contributed by atoms with Gasteiger partial charge in [-0.05, 0) is 19.3 Å². The lowest BCUT2D eigenvalue weighted by Gasteiger charge is -2.15. The Labute approximate surface area is 96.7 Å². The van der Waals surface area contributed by atoms with Gasteiger partial charge in [-0.15, -0.1) is 0 Å². The molecule has 96 valence electrons. The summed E-state index contributed by atoms with van der Waals surface area (Å²) >= 11 is 0. The summed E-state index contributed by atoms with van der Waals surface area (Å²) in [6.07, 6.45) is -2.19. The van der Waals surface area contributed by atoms with Gasteiger partial charge in [0, 0.05) is 6.04 Å². The Morgan fingerprint density at radius 1 is 1.47 bits per heavy atom. The van der Waals surface area contributed by atoms with E-state index in [1.807, 2.05) is 0 Å². The highest BCUT2D eigenvalue weighted by molar-refractivity contribution is 5.77. The molecule has 1 amide bonds. The molecular weight excluding hydrogens is 237 g/mol. The van der Waals surface area contributed by atoms with Crippen LogP contribution in [0.5, 0.6) is 0 Å². The van der Waals surface area contributed by atoms with Crippen LogP contribution in [0.15, 0.2) is 0 Å². The smallest absolute Gasteiger partial charge is 0.362 e. The summed E-state index contributed by atoms with van der Waals surface area (Å²) in [5.41, 5.74) is 0. The lowest BCUT2D eigenvalue weighted by atomic mass is 10.1. The molecule has 2 atom stereocenters. The van der Waals surface area contributed by atoms with E-state index in [9.17, 15) is 18.0 Å². The molecule has 0 radical (unpaired) electrons. The largest absolute Gasteiger partial charge is 0.411 e. The van der Waals surface area contributed by atoms with Crippen LogP contribution in [0.25, 0.3) is 0 Å². The van der Waals surface area contributed by atoms with E-state index in [1.165, 1.54) is 0 Å². The molecule has 7 heteroatoms. The first-order valence-corrected chi connectivity index (χ1v) is 5.26. The Balaban J connectivity index is 2.23. The zero-order valence-corrected chi connectivity index (χ0v) is 9.09. The highest BCUT2D eigenvalue weighted by Gasteiger charge is 2.30. The summed E-state index contributed by atoms with van der Waals surface area (Å²) in [5.74, 6) is -0.858. The Hall–Kier alpha value is -1.29. The third-order valence-corrected chi connectivity index (χ3v) is 2.53. The second kappa shape index (κ2) is 5.87. The van der Waals surface area contributed by atoms with E-state index in [4.69, 9.17) is 5.26 Å². The molecule has 1 rings (SSSR count). The van der Waals surface area contributed by atoms with Crippen molar-refractivity contribution in [1.82, 2.24) is 5.32 Å². The van der Waals surface area contributed by atoms with E-state index >= 15 is 0 Å². The van der Waals surface area contributed by atoms with Gasteiger partial charge < -0.3 is 10.1 Å². The number of rotatable bonds is 4. The molecule has 1 aliphatic rings. The van der Waals surface area contributed by atoms with Crippen molar-refractivity contribution < 1.29 is 22.7 Å². The maximum Gasteiger partial charge on any atom is 0.411 e. The van der Waals surface area contributed by atoms with E-state index in [-0.39, 0.29) is 12.0 Å². The van der Waals surface area contributed by atoms with Crippen molar-refractivity contribution in [2.24, 2.45) is 5.92 Å². The number of hydrogen-bond donors (Lipinski definition) is 1. The van der Waals surface area contributed by atoms with Crippen molar-refractivity contribution in [2.75, 3.05) is 13.2 Å². The number of carbonyl (C=O) groups is 1. The van der Waals surface area contributed by atoms with Crippen LogP contribution >= 0.6 is 0 Å². The van der Waals surface area contributed by atoms with Gasteiger partial charge in [-0.2, -0.15) is 18.4 Å². The Morgan fingerprint density at radius 2 is 2.18 bits per heavy atom. The summed E-state index contributed by atoms with van der Waals surface area (Å²) in [6, 6.07) is 1.80. The summed E-state index contributed by atoms with van der Waals surface area (Å²) in [4.78, 5) is 11.2. The van der Waals surface area contributed by atoms with Gasteiger partial charge in [0.05, 0.1) is 12.0 Å². The molecule has 0 aromatic rings. The first-order valence-electron chi connectivity index (χ1n) is 5.26. The van der Waals surface area contributed by atoms with Gasteiger partial charge in [-0.1, -0.05) is 0 Å². The number of alkyl halides is 3. The van der Waals surface area contributed by atoms with E-state index in [0.29, 0.717) is 12.8 Å². The molecule has 0 aliphatic heterocycles. The molecule has 1 N–H and O–H groups in total. The molecule has 0 heterocycles. The number of nitrogens with one attached hydrogen (secondary N) is 1. The number of nitrogens with zero attached hydrogens (tertiary/aromatic N) is 1. The van der Waals surface area contributed by atoms with Crippen LogP contribution in [-0.2, 0) is 9.53 Å². The molecule has 1 fully saturated rings. The number of amides is 1. The average Bonchev–Trinajstić information content (AvgIpc) is 2.63. The Kier molecular flexibility index (Phi) is 4.75. The van der Waals surface area contributed by atoms with Gasteiger partial charge in [-0.25, -0.2) is 0 Å². The third kappa shape index (κ3) is 5.04. The molecule has 0 bridgehead atoms. The van der Waals surface area contributed by atoms with E-state index in [0.717, 1.165) is 6.42 Å². The first-order chi connectivity index (χ1) is 7.92. The minimum Gasteiger partial charge on any atom is -0.362 e. The molecule has 0 aromatic carbocycles. The molecule has 0 spiro atoms. The maximum atomic E-state index is 11.7. The van der Waals surface area contributed by atoms with Crippen molar-refractivity contribution >= 4 is 5.91 Å². The molecule has 0 saturated heterocycles. The van der Waals surface area contributed by atoms with Crippen LogP contribution < -0.4 is 5.32 Å². The monoisotopic (exact) mass is 250 g/mol. The summed E-state index contributed by atoms with van der Waals surface area (Å²) in [7, 11) is 0. The van der Waals surface area contributed by atoms with Crippen LogP contribution in [0.4, 0.5) is 13.2 Å². The predicted octanol–water partition coefficient (Wildman–Crippen LogP) is 1.37. The predicted molar refractivity (Wildman–Crippen MR) is 51.8 cm³/mol. The topological polar surface area (TPSA) is 62.1 Å². The quantitative estimate of drug-likeness (QED) is 0.819. The molecule has 4 nitrogen and oxygen atoms in total. The zero-order chi connectivity index (χ0) is 12.9. The van der Waals surface area contributed by atoms with Crippen molar-refractivity contribution in [1.29, 1.82) is 5.26 Å². The Morgan fingerprint density at radius 3 is 2.76 bits per heavy atom. The number of halogens is 3.